The van der Waals surface area contributed by atoms with Crippen molar-refractivity contribution < 1.29 is 9.53 Å². The minimum absolute atomic E-state index is 0.0956. The van der Waals surface area contributed by atoms with Gasteiger partial charge in [0.1, 0.15) is 6.61 Å². The first-order valence-electron chi connectivity index (χ1n) is 8.01. The first kappa shape index (κ1) is 12.4. The Morgan fingerprint density at radius 2 is 2.05 bits per heavy atom. The van der Waals surface area contributed by atoms with E-state index in [1.807, 2.05) is 30.3 Å². The minimum atomic E-state index is -0.111. The Kier molecular flexibility index (Phi) is 2.87. The maximum absolute atomic E-state index is 12.7. The molecule has 0 amide bonds. The summed E-state index contributed by atoms with van der Waals surface area (Å²) in [5.41, 5.74) is 0.980. The van der Waals surface area contributed by atoms with Crippen LogP contribution in [0.3, 0.4) is 0 Å². The summed E-state index contributed by atoms with van der Waals surface area (Å²) in [7, 11) is 0. The number of ether oxygens (including phenoxy) is 1. The molecule has 0 aromatic heterocycles. The predicted octanol–water partition coefficient (Wildman–Crippen LogP) is 3.95. The van der Waals surface area contributed by atoms with Crippen LogP contribution in [-0.4, -0.2) is 5.97 Å². The van der Waals surface area contributed by atoms with Gasteiger partial charge in [-0.3, -0.25) is 4.79 Å². The Bertz CT molecular complexity index is 509. The molecule has 3 fully saturated rings. The van der Waals surface area contributed by atoms with Crippen molar-refractivity contribution in [3.8, 4) is 0 Å². The molecule has 1 aromatic carbocycles. The summed E-state index contributed by atoms with van der Waals surface area (Å²) in [6, 6.07) is 10.0. The summed E-state index contributed by atoms with van der Waals surface area (Å²) in [4.78, 5) is 12.7. The molecule has 4 atom stereocenters. The zero-order valence-corrected chi connectivity index (χ0v) is 11.9. The highest BCUT2D eigenvalue weighted by Crippen LogP contribution is 2.66. The summed E-state index contributed by atoms with van der Waals surface area (Å²) in [5.74, 6) is 2.36. The van der Waals surface area contributed by atoms with Gasteiger partial charge < -0.3 is 4.74 Å². The molecule has 0 radical (unpaired) electrons. The van der Waals surface area contributed by atoms with Gasteiger partial charge in [-0.25, -0.2) is 0 Å². The summed E-state index contributed by atoms with van der Waals surface area (Å²) < 4.78 is 5.70. The van der Waals surface area contributed by atoms with Crippen molar-refractivity contribution in [2.45, 2.75) is 45.1 Å². The molecule has 2 bridgehead atoms. The normalized spacial score (nSPS) is 37.9. The van der Waals surface area contributed by atoms with Gasteiger partial charge in [-0.2, -0.15) is 0 Å². The monoisotopic (exact) mass is 270 g/mol. The van der Waals surface area contributed by atoms with E-state index in [4.69, 9.17) is 4.74 Å². The second-order valence-electron chi connectivity index (χ2n) is 6.92. The molecular formula is C18H22O2. The number of rotatable bonds is 3. The van der Waals surface area contributed by atoms with Crippen molar-refractivity contribution in [1.29, 1.82) is 0 Å². The fraction of sp³-hybridized carbons (Fsp3) is 0.611. The average molecular weight is 270 g/mol. The molecule has 0 aliphatic heterocycles. The van der Waals surface area contributed by atoms with Crippen LogP contribution < -0.4 is 0 Å². The molecule has 0 spiro atoms. The van der Waals surface area contributed by atoms with E-state index >= 15 is 0 Å². The van der Waals surface area contributed by atoms with Gasteiger partial charge in [0.05, 0.1) is 5.41 Å². The lowest BCUT2D eigenvalue weighted by Gasteiger charge is -2.33. The SMILES string of the molecule is O=C(OCc1ccccc1)C12CCC(C1)C1CCCC12. The van der Waals surface area contributed by atoms with Crippen LogP contribution in [0.2, 0.25) is 0 Å². The van der Waals surface area contributed by atoms with Crippen LogP contribution in [0, 0.1) is 23.2 Å². The van der Waals surface area contributed by atoms with Crippen LogP contribution in [0.1, 0.15) is 44.1 Å². The van der Waals surface area contributed by atoms with E-state index in [9.17, 15) is 4.79 Å². The summed E-state index contributed by atoms with van der Waals surface area (Å²) in [6.07, 6.45) is 7.36. The van der Waals surface area contributed by atoms with Crippen LogP contribution in [0.5, 0.6) is 0 Å². The molecule has 3 aliphatic rings. The molecule has 0 saturated heterocycles. The van der Waals surface area contributed by atoms with Crippen LogP contribution in [-0.2, 0) is 16.1 Å². The third kappa shape index (κ3) is 1.73. The molecule has 106 valence electrons. The molecule has 3 saturated carbocycles. The van der Waals surface area contributed by atoms with Gasteiger partial charge in [-0.1, -0.05) is 36.8 Å². The number of benzene rings is 1. The Balaban J connectivity index is 1.48. The van der Waals surface area contributed by atoms with Gasteiger partial charge in [0.15, 0.2) is 0 Å². The van der Waals surface area contributed by atoms with Crippen molar-refractivity contribution in [3.63, 3.8) is 0 Å². The molecule has 0 N–H and O–H groups in total. The van der Waals surface area contributed by atoms with Gasteiger partial charge in [0, 0.05) is 0 Å². The molecule has 2 nitrogen and oxygen atoms in total. The van der Waals surface area contributed by atoms with E-state index in [0.29, 0.717) is 12.5 Å². The average Bonchev–Trinajstić information content (AvgIpc) is 3.17. The lowest BCUT2D eigenvalue weighted by molar-refractivity contribution is -0.160. The maximum atomic E-state index is 12.7. The molecule has 1 aromatic rings. The second-order valence-corrected chi connectivity index (χ2v) is 6.92. The quantitative estimate of drug-likeness (QED) is 0.777. The Morgan fingerprint density at radius 1 is 1.20 bits per heavy atom. The zero-order valence-electron chi connectivity index (χ0n) is 11.9. The van der Waals surface area contributed by atoms with Crippen LogP contribution in [0.4, 0.5) is 0 Å². The molecule has 0 heterocycles. The smallest absolute Gasteiger partial charge is 0.312 e. The largest absolute Gasteiger partial charge is 0.460 e. The van der Waals surface area contributed by atoms with Crippen LogP contribution in [0.15, 0.2) is 30.3 Å². The van der Waals surface area contributed by atoms with E-state index in [2.05, 4.69) is 0 Å². The van der Waals surface area contributed by atoms with Gasteiger partial charge in [-0.15, -0.1) is 0 Å². The summed E-state index contributed by atoms with van der Waals surface area (Å²) in [5, 5.41) is 0. The lowest BCUT2D eigenvalue weighted by atomic mass is 9.72. The third-order valence-corrected chi connectivity index (χ3v) is 6.09. The number of carbonyl (C=O) groups excluding carboxylic acids is 1. The van der Waals surface area contributed by atoms with Crippen LogP contribution >= 0.6 is 0 Å². The van der Waals surface area contributed by atoms with E-state index in [1.165, 1.54) is 25.7 Å². The third-order valence-electron chi connectivity index (χ3n) is 6.09. The molecule has 3 aliphatic carbocycles. The second kappa shape index (κ2) is 4.61. The van der Waals surface area contributed by atoms with Crippen molar-refractivity contribution in [2.75, 3.05) is 0 Å². The first-order valence-corrected chi connectivity index (χ1v) is 8.01. The minimum Gasteiger partial charge on any atom is -0.460 e. The van der Waals surface area contributed by atoms with Gasteiger partial charge in [0.25, 0.3) is 0 Å². The zero-order chi connectivity index (χ0) is 13.6. The van der Waals surface area contributed by atoms with E-state index in [-0.39, 0.29) is 11.4 Å². The Morgan fingerprint density at radius 3 is 2.90 bits per heavy atom. The van der Waals surface area contributed by atoms with Gasteiger partial charge in [0.2, 0.25) is 0 Å². The van der Waals surface area contributed by atoms with E-state index < -0.39 is 0 Å². The number of esters is 1. The van der Waals surface area contributed by atoms with E-state index in [0.717, 1.165) is 30.2 Å². The highest BCUT2D eigenvalue weighted by molar-refractivity contribution is 5.78. The van der Waals surface area contributed by atoms with Gasteiger partial charge >= 0.3 is 5.97 Å². The topological polar surface area (TPSA) is 26.3 Å². The van der Waals surface area contributed by atoms with Crippen molar-refractivity contribution in [3.05, 3.63) is 35.9 Å². The fourth-order valence-corrected chi connectivity index (χ4v) is 5.26. The number of hydrogen-bond donors (Lipinski definition) is 0. The van der Waals surface area contributed by atoms with Crippen LogP contribution in [0.25, 0.3) is 0 Å². The first-order chi connectivity index (χ1) is 9.79. The number of fused-ring (bicyclic) bond motifs is 5. The highest BCUT2D eigenvalue weighted by Gasteiger charge is 2.63. The Hall–Kier alpha value is -1.31. The highest BCUT2D eigenvalue weighted by atomic mass is 16.5. The van der Waals surface area contributed by atoms with Gasteiger partial charge in [-0.05, 0) is 55.4 Å². The molecule has 4 unspecified atom stereocenters. The summed E-state index contributed by atoms with van der Waals surface area (Å²) >= 11 is 0. The molecule has 2 heteroatoms. The molecule has 4 rings (SSSR count). The summed E-state index contributed by atoms with van der Waals surface area (Å²) in [6.45, 7) is 0.434. The lowest BCUT2D eigenvalue weighted by Crippen LogP contribution is -2.36. The van der Waals surface area contributed by atoms with Crippen molar-refractivity contribution >= 4 is 5.97 Å². The predicted molar refractivity (Wildman–Crippen MR) is 76.8 cm³/mol. The maximum Gasteiger partial charge on any atom is 0.312 e. The number of hydrogen-bond acceptors (Lipinski definition) is 2. The molecular weight excluding hydrogens is 248 g/mol. The van der Waals surface area contributed by atoms with Crippen molar-refractivity contribution in [2.24, 2.45) is 23.2 Å². The number of carbonyl (C=O) groups is 1. The van der Waals surface area contributed by atoms with E-state index in [1.54, 1.807) is 0 Å². The molecule has 20 heavy (non-hydrogen) atoms. The fourth-order valence-electron chi connectivity index (χ4n) is 5.26. The standard InChI is InChI=1S/C18H22O2/c19-17(20-12-13-5-2-1-3-6-13)18-10-9-14(11-18)15-7-4-8-16(15)18/h1-3,5-6,14-16H,4,7-12H2. The van der Waals surface area contributed by atoms with Crippen molar-refractivity contribution in [1.82, 2.24) is 0 Å². The Labute approximate surface area is 120 Å².